The summed E-state index contributed by atoms with van der Waals surface area (Å²) in [4.78, 5) is 31.8. The molecule has 3 N–H and O–H groups in total. The van der Waals surface area contributed by atoms with Gasteiger partial charge in [0.2, 0.25) is 0 Å². The van der Waals surface area contributed by atoms with E-state index in [-0.39, 0.29) is 23.9 Å². The fourth-order valence-electron chi connectivity index (χ4n) is 5.28. The number of aryl methyl sites for hydroxylation is 1. The smallest absolute Gasteiger partial charge is 0.256 e. The first-order valence-corrected chi connectivity index (χ1v) is 11.8. The molecule has 5 rings (SSSR count). The first-order chi connectivity index (χ1) is 16.3. The second-order valence-corrected chi connectivity index (χ2v) is 9.45. The van der Waals surface area contributed by atoms with Crippen LogP contribution in [0.5, 0.6) is 0 Å². The Morgan fingerprint density at radius 3 is 2.41 bits per heavy atom. The van der Waals surface area contributed by atoms with E-state index in [9.17, 15) is 9.59 Å². The van der Waals surface area contributed by atoms with Crippen molar-refractivity contribution in [3.05, 3.63) is 76.6 Å². The lowest BCUT2D eigenvalue weighted by atomic mass is 9.94. The Hall–Kier alpha value is -3.64. The molecule has 2 amide bonds. The largest absolute Gasteiger partial charge is 0.358 e. The van der Waals surface area contributed by atoms with Crippen molar-refractivity contribution in [2.24, 2.45) is 0 Å². The third kappa shape index (κ3) is 3.84. The van der Waals surface area contributed by atoms with E-state index in [1.165, 1.54) is 0 Å². The molecule has 174 valence electrons. The minimum atomic E-state index is -0.136. The maximum absolute atomic E-state index is 13.5. The molecule has 0 unspecified atom stereocenters. The Morgan fingerprint density at radius 1 is 1.00 bits per heavy atom. The molecule has 0 aliphatic carbocycles. The Bertz CT molecular complexity index is 1300. The van der Waals surface area contributed by atoms with Crippen molar-refractivity contribution in [1.29, 1.82) is 0 Å². The summed E-state index contributed by atoms with van der Waals surface area (Å²) >= 11 is 0. The SMILES string of the molecule is Cc1[nH]c(/C=C2\C(=O)Nc3cccc(-c4ccccc4)c32)c(C)c1C(=O)N1C[C@@H](C)N[C@@H](C)C1. The van der Waals surface area contributed by atoms with Crippen LogP contribution in [0.1, 0.15) is 46.7 Å². The van der Waals surface area contributed by atoms with Gasteiger partial charge in [-0.3, -0.25) is 9.59 Å². The average Bonchev–Trinajstić information content (AvgIpc) is 3.28. The number of piperazine rings is 1. The summed E-state index contributed by atoms with van der Waals surface area (Å²) in [5, 5.41) is 6.48. The van der Waals surface area contributed by atoms with Crippen molar-refractivity contribution >= 4 is 29.2 Å². The van der Waals surface area contributed by atoms with Crippen molar-refractivity contribution in [2.75, 3.05) is 18.4 Å². The van der Waals surface area contributed by atoms with Gasteiger partial charge in [-0.2, -0.15) is 0 Å². The fraction of sp³-hybridized carbons (Fsp3) is 0.286. The van der Waals surface area contributed by atoms with E-state index in [2.05, 4.69) is 29.5 Å². The molecule has 6 nitrogen and oxygen atoms in total. The van der Waals surface area contributed by atoms with Crippen molar-refractivity contribution < 1.29 is 9.59 Å². The van der Waals surface area contributed by atoms with Gasteiger partial charge in [0.15, 0.2) is 0 Å². The number of carbonyl (C=O) groups excluding carboxylic acids is 2. The Labute approximate surface area is 200 Å². The molecule has 34 heavy (non-hydrogen) atoms. The number of aromatic nitrogens is 1. The van der Waals surface area contributed by atoms with E-state index in [1.54, 1.807) is 0 Å². The monoisotopic (exact) mass is 454 g/mol. The molecule has 3 heterocycles. The van der Waals surface area contributed by atoms with Gasteiger partial charge in [-0.1, -0.05) is 42.5 Å². The van der Waals surface area contributed by atoms with E-state index in [0.29, 0.717) is 24.2 Å². The molecule has 3 aromatic rings. The summed E-state index contributed by atoms with van der Waals surface area (Å²) < 4.78 is 0. The second kappa shape index (κ2) is 8.61. The molecule has 0 radical (unpaired) electrons. The molecular weight excluding hydrogens is 424 g/mol. The standard InChI is InChI=1S/C28H30N4O2/c1-16-14-32(15-17(2)29-16)28(34)25-18(3)24(30-19(25)4)13-22-26-21(20-9-6-5-7-10-20)11-8-12-23(26)31-27(22)33/h5-13,16-17,29-30H,14-15H2,1-4H3,(H,31,33)/b22-13-/t16-,17+. The Morgan fingerprint density at radius 2 is 1.71 bits per heavy atom. The van der Waals surface area contributed by atoms with Crippen LogP contribution in [0.15, 0.2) is 48.5 Å². The van der Waals surface area contributed by atoms with Crippen LogP contribution in [0, 0.1) is 13.8 Å². The molecule has 2 aliphatic rings. The van der Waals surface area contributed by atoms with E-state index in [0.717, 1.165) is 39.3 Å². The summed E-state index contributed by atoms with van der Waals surface area (Å²) in [7, 11) is 0. The van der Waals surface area contributed by atoms with Gasteiger partial charge in [0.25, 0.3) is 11.8 Å². The van der Waals surface area contributed by atoms with Crippen molar-refractivity contribution in [3.63, 3.8) is 0 Å². The van der Waals surface area contributed by atoms with Crippen LogP contribution in [0.3, 0.4) is 0 Å². The van der Waals surface area contributed by atoms with Gasteiger partial charge in [0.1, 0.15) is 0 Å². The number of H-pyrrole nitrogens is 1. The molecule has 1 fully saturated rings. The number of aromatic amines is 1. The van der Waals surface area contributed by atoms with Crippen LogP contribution < -0.4 is 10.6 Å². The van der Waals surface area contributed by atoms with Crippen molar-refractivity contribution in [3.8, 4) is 11.1 Å². The average molecular weight is 455 g/mol. The summed E-state index contributed by atoms with van der Waals surface area (Å²) in [6.45, 7) is 9.44. The summed E-state index contributed by atoms with van der Waals surface area (Å²) in [5.74, 6) is -0.0972. The lowest BCUT2D eigenvalue weighted by Crippen LogP contribution is -2.55. The van der Waals surface area contributed by atoms with Gasteiger partial charge in [-0.15, -0.1) is 0 Å². The molecule has 2 aromatic carbocycles. The molecule has 1 aromatic heterocycles. The fourth-order valence-corrected chi connectivity index (χ4v) is 5.28. The minimum absolute atomic E-state index is 0.0392. The lowest BCUT2D eigenvalue weighted by Gasteiger charge is -2.36. The summed E-state index contributed by atoms with van der Waals surface area (Å²) in [6, 6.07) is 16.5. The maximum Gasteiger partial charge on any atom is 0.256 e. The molecule has 0 saturated carbocycles. The third-order valence-corrected chi connectivity index (χ3v) is 6.73. The highest BCUT2D eigenvalue weighted by atomic mass is 16.2. The highest BCUT2D eigenvalue weighted by Gasteiger charge is 2.31. The first kappa shape index (κ1) is 22.2. The lowest BCUT2D eigenvalue weighted by molar-refractivity contribution is -0.110. The zero-order valence-electron chi connectivity index (χ0n) is 20.0. The Balaban J connectivity index is 1.55. The molecular formula is C28H30N4O2. The van der Waals surface area contributed by atoms with E-state index in [4.69, 9.17) is 0 Å². The van der Waals surface area contributed by atoms with Crippen LogP contribution >= 0.6 is 0 Å². The number of hydrogen-bond donors (Lipinski definition) is 3. The number of anilines is 1. The van der Waals surface area contributed by atoms with Gasteiger partial charge in [0.05, 0.1) is 11.1 Å². The van der Waals surface area contributed by atoms with Crippen LogP contribution in [0.25, 0.3) is 22.8 Å². The van der Waals surface area contributed by atoms with E-state index >= 15 is 0 Å². The zero-order chi connectivity index (χ0) is 24.0. The van der Waals surface area contributed by atoms with Gasteiger partial charge in [-0.25, -0.2) is 0 Å². The number of amides is 2. The maximum atomic E-state index is 13.5. The molecule has 1 saturated heterocycles. The molecule has 2 aliphatic heterocycles. The van der Waals surface area contributed by atoms with Crippen LogP contribution in [0.4, 0.5) is 5.69 Å². The number of rotatable bonds is 3. The molecule has 0 bridgehead atoms. The first-order valence-electron chi connectivity index (χ1n) is 11.8. The Kier molecular flexibility index (Phi) is 5.62. The predicted molar refractivity (Wildman–Crippen MR) is 137 cm³/mol. The van der Waals surface area contributed by atoms with Gasteiger partial charge < -0.3 is 20.5 Å². The van der Waals surface area contributed by atoms with Crippen molar-refractivity contribution in [2.45, 2.75) is 39.8 Å². The summed E-state index contributed by atoms with van der Waals surface area (Å²) in [6.07, 6.45) is 1.88. The van der Waals surface area contributed by atoms with Gasteiger partial charge in [-0.05, 0) is 56.5 Å². The minimum Gasteiger partial charge on any atom is -0.358 e. The van der Waals surface area contributed by atoms with E-state index < -0.39 is 0 Å². The quantitative estimate of drug-likeness (QED) is 0.506. The normalized spacial score (nSPS) is 21.0. The highest BCUT2D eigenvalue weighted by molar-refractivity contribution is 6.36. The number of fused-ring (bicyclic) bond motifs is 1. The number of carbonyl (C=O) groups is 2. The molecule has 2 atom stereocenters. The topological polar surface area (TPSA) is 77.2 Å². The molecule has 6 heteroatoms. The van der Waals surface area contributed by atoms with Crippen LogP contribution in [-0.2, 0) is 4.79 Å². The van der Waals surface area contributed by atoms with Crippen LogP contribution in [0.2, 0.25) is 0 Å². The number of nitrogens with zero attached hydrogens (tertiary/aromatic N) is 1. The highest BCUT2D eigenvalue weighted by Crippen LogP contribution is 2.40. The molecule has 0 spiro atoms. The number of hydrogen-bond acceptors (Lipinski definition) is 3. The predicted octanol–water partition coefficient (Wildman–Crippen LogP) is 4.61. The second-order valence-electron chi connectivity index (χ2n) is 9.45. The van der Waals surface area contributed by atoms with Crippen LogP contribution in [-0.4, -0.2) is 46.9 Å². The van der Waals surface area contributed by atoms with Gasteiger partial charge in [0, 0.05) is 47.8 Å². The van der Waals surface area contributed by atoms with Gasteiger partial charge >= 0.3 is 0 Å². The third-order valence-electron chi connectivity index (χ3n) is 6.73. The number of benzene rings is 2. The summed E-state index contributed by atoms with van der Waals surface area (Å²) in [5.41, 5.74) is 7.53. The number of nitrogens with one attached hydrogen (secondary N) is 3. The zero-order valence-corrected chi connectivity index (χ0v) is 20.0. The van der Waals surface area contributed by atoms with E-state index in [1.807, 2.05) is 73.4 Å². The van der Waals surface area contributed by atoms with Crippen molar-refractivity contribution in [1.82, 2.24) is 15.2 Å².